The molecule has 126 valence electrons. The van der Waals surface area contributed by atoms with Gasteiger partial charge in [-0.05, 0) is 31.4 Å². The summed E-state index contributed by atoms with van der Waals surface area (Å²) >= 11 is 4.53. The first-order chi connectivity index (χ1) is 10.7. The van der Waals surface area contributed by atoms with Crippen molar-refractivity contribution >= 4 is 23.5 Å². The van der Waals surface area contributed by atoms with Crippen LogP contribution in [0.4, 0.5) is 0 Å². The van der Waals surface area contributed by atoms with Crippen LogP contribution in [0.25, 0.3) is 0 Å². The van der Waals surface area contributed by atoms with Gasteiger partial charge in [0.15, 0.2) is 0 Å². The molecule has 2 rings (SSSR count). The number of hydrogen-bond donors (Lipinski definition) is 0. The molecule has 2 nitrogen and oxygen atoms in total. The largest absolute Gasteiger partial charge is 0.337 e. The van der Waals surface area contributed by atoms with E-state index < -0.39 is 0 Å². The van der Waals surface area contributed by atoms with E-state index in [0.29, 0.717) is 4.08 Å². The number of aromatic nitrogens is 2. The Morgan fingerprint density at radius 3 is 2.73 bits per heavy atom. The Kier molecular flexibility index (Phi) is 8.23. The first-order valence-electron chi connectivity index (χ1n) is 9.01. The fourth-order valence-electron chi connectivity index (χ4n) is 3.21. The van der Waals surface area contributed by atoms with Crippen LogP contribution in [-0.4, -0.2) is 24.6 Å². The van der Waals surface area contributed by atoms with E-state index in [4.69, 9.17) is 0 Å². The third-order valence-electron chi connectivity index (χ3n) is 4.50. The highest BCUT2D eigenvalue weighted by molar-refractivity contribution is 8.19. The fraction of sp³-hybridized carbons (Fsp3) is 0.833. The molecule has 1 aliphatic rings. The van der Waals surface area contributed by atoms with Crippen LogP contribution < -0.4 is 0 Å². The van der Waals surface area contributed by atoms with Crippen molar-refractivity contribution in [2.24, 2.45) is 0 Å². The van der Waals surface area contributed by atoms with Crippen LogP contribution in [0.3, 0.4) is 0 Å². The SMILES string of the molecule is CCCCCCCC1(CCCn2ccnc2)SCCC(C)S1. The molecule has 0 N–H and O–H groups in total. The molecule has 2 atom stereocenters. The summed E-state index contributed by atoms with van der Waals surface area (Å²) in [6.07, 6.45) is 18.3. The monoisotopic (exact) mass is 340 g/mol. The number of hydrogen-bond acceptors (Lipinski definition) is 3. The summed E-state index contributed by atoms with van der Waals surface area (Å²) in [6.45, 7) is 5.84. The molecule has 0 amide bonds. The summed E-state index contributed by atoms with van der Waals surface area (Å²) < 4.78 is 2.71. The van der Waals surface area contributed by atoms with Crippen molar-refractivity contribution in [3.63, 3.8) is 0 Å². The van der Waals surface area contributed by atoms with Crippen LogP contribution >= 0.6 is 23.5 Å². The molecule has 1 fully saturated rings. The van der Waals surface area contributed by atoms with Crippen molar-refractivity contribution < 1.29 is 0 Å². The summed E-state index contributed by atoms with van der Waals surface area (Å²) in [5.41, 5.74) is 0. The second-order valence-electron chi connectivity index (χ2n) is 6.54. The molecule has 0 radical (unpaired) electrons. The summed E-state index contributed by atoms with van der Waals surface area (Å²) in [6, 6.07) is 0. The number of rotatable bonds is 10. The Morgan fingerprint density at radius 1 is 1.18 bits per heavy atom. The third-order valence-corrected chi connectivity index (χ3v) is 7.99. The van der Waals surface area contributed by atoms with Gasteiger partial charge in [0.05, 0.1) is 10.4 Å². The van der Waals surface area contributed by atoms with E-state index in [-0.39, 0.29) is 0 Å². The number of unbranched alkanes of at least 4 members (excludes halogenated alkanes) is 4. The van der Waals surface area contributed by atoms with E-state index in [9.17, 15) is 0 Å². The molecule has 0 bridgehead atoms. The second kappa shape index (κ2) is 9.92. The number of thioether (sulfide) groups is 2. The molecule has 0 saturated carbocycles. The van der Waals surface area contributed by atoms with E-state index in [2.05, 4.69) is 53.1 Å². The Bertz CT molecular complexity index is 394. The van der Waals surface area contributed by atoms with Crippen molar-refractivity contribution in [1.82, 2.24) is 9.55 Å². The lowest BCUT2D eigenvalue weighted by atomic mass is 10.1. The molecule has 4 heteroatoms. The Hall–Kier alpha value is -0.0900. The minimum Gasteiger partial charge on any atom is -0.337 e. The van der Waals surface area contributed by atoms with E-state index in [1.54, 1.807) is 0 Å². The van der Waals surface area contributed by atoms with E-state index in [1.807, 2.05) is 12.5 Å². The molecule has 1 saturated heterocycles. The van der Waals surface area contributed by atoms with Crippen molar-refractivity contribution in [3.05, 3.63) is 18.7 Å². The van der Waals surface area contributed by atoms with Crippen molar-refractivity contribution in [1.29, 1.82) is 0 Å². The van der Waals surface area contributed by atoms with Gasteiger partial charge < -0.3 is 4.57 Å². The second-order valence-corrected chi connectivity index (χ2v) is 10.1. The van der Waals surface area contributed by atoms with Crippen LogP contribution in [0.1, 0.15) is 71.6 Å². The lowest BCUT2D eigenvalue weighted by molar-refractivity contribution is 0.524. The van der Waals surface area contributed by atoms with Crippen molar-refractivity contribution in [2.45, 2.75) is 87.5 Å². The van der Waals surface area contributed by atoms with Crippen LogP contribution in [0.15, 0.2) is 18.7 Å². The van der Waals surface area contributed by atoms with Crippen LogP contribution in [0.5, 0.6) is 0 Å². The van der Waals surface area contributed by atoms with Crippen molar-refractivity contribution in [2.75, 3.05) is 5.75 Å². The minimum absolute atomic E-state index is 0.491. The maximum Gasteiger partial charge on any atom is 0.0945 e. The van der Waals surface area contributed by atoms with Gasteiger partial charge in [-0.2, -0.15) is 0 Å². The maximum absolute atomic E-state index is 4.15. The lowest BCUT2D eigenvalue weighted by Gasteiger charge is -2.39. The van der Waals surface area contributed by atoms with E-state index >= 15 is 0 Å². The molecular weight excluding hydrogens is 308 g/mol. The van der Waals surface area contributed by atoms with E-state index in [1.165, 1.54) is 63.5 Å². The lowest BCUT2D eigenvalue weighted by Crippen LogP contribution is -2.29. The molecule has 2 unspecified atom stereocenters. The molecule has 1 aromatic rings. The smallest absolute Gasteiger partial charge is 0.0945 e. The standard InChI is InChI=1S/C18H32N2S2/c1-3-4-5-6-7-10-18(21-15-9-17(2)22-18)11-8-13-20-14-12-19-16-20/h12,14,16-17H,3-11,13,15H2,1-2H3. The quantitative estimate of drug-likeness (QED) is 0.488. The van der Waals surface area contributed by atoms with Gasteiger partial charge in [0, 0.05) is 24.2 Å². The predicted octanol–water partition coefficient (Wildman–Crippen LogP) is 5.98. The highest BCUT2D eigenvalue weighted by Crippen LogP contribution is 2.51. The van der Waals surface area contributed by atoms with Crippen LogP contribution in [0, 0.1) is 0 Å². The van der Waals surface area contributed by atoms with Gasteiger partial charge in [-0.25, -0.2) is 4.98 Å². The van der Waals surface area contributed by atoms with Crippen LogP contribution in [-0.2, 0) is 6.54 Å². The topological polar surface area (TPSA) is 17.8 Å². The van der Waals surface area contributed by atoms with Crippen LogP contribution in [0.2, 0.25) is 0 Å². The zero-order valence-electron chi connectivity index (χ0n) is 14.3. The van der Waals surface area contributed by atoms with Gasteiger partial charge in [-0.15, -0.1) is 23.5 Å². The molecule has 0 aromatic carbocycles. The number of nitrogens with zero attached hydrogens (tertiary/aromatic N) is 2. The molecule has 22 heavy (non-hydrogen) atoms. The number of imidazole rings is 1. The molecule has 1 aromatic heterocycles. The molecule has 0 spiro atoms. The average Bonchev–Trinajstić information content (AvgIpc) is 3.00. The van der Waals surface area contributed by atoms with Crippen molar-refractivity contribution in [3.8, 4) is 0 Å². The Morgan fingerprint density at radius 2 is 2.00 bits per heavy atom. The highest BCUT2D eigenvalue weighted by Gasteiger charge is 2.35. The zero-order valence-corrected chi connectivity index (χ0v) is 15.9. The first kappa shape index (κ1) is 18.3. The van der Waals surface area contributed by atoms with E-state index in [0.717, 1.165) is 11.8 Å². The van der Waals surface area contributed by atoms with Gasteiger partial charge in [0.25, 0.3) is 0 Å². The average molecular weight is 341 g/mol. The predicted molar refractivity (Wildman–Crippen MR) is 102 cm³/mol. The first-order valence-corrected chi connectivity index (χ1v) is 10.9. The summed E-state index contributed by atoms with van der Waals surface area (Å²) in [4.78, 5) is 4.15. The molecule has 0 aliphatic carbocycles. The summed E-state index contributed by atoms with van der Waals surface area (Å²) in [5.74, 6) is 1.36. The summed E-state index contributed by atoms with van der Waals surface area (Å²) in [7, 11) is 0. The van der Waals surface area contributed by atoms with Gasteiger partial charge >= 0.3 is 0 Å². The van der Waals surface area contributed by atoms with Gasteiger partial charge in [-0.3, -0.25) is 0 Å². The molecular formula is C18H32N2S2. The van der Waals surface area contributed by atoms with Gasteiger partial charge in [-0.1, -0.05) is 46.0 Å². The highest BCUT2D eigenvalue weighted by atomic mass is 32.2. The zero-order chi connectivity index (χ0) is 15.7. The normalized spacial score (nSPS) is 25.5. The summed E-state index contributed by atoms with van der Waals surface area (Å²) in [5, 5.41) is 0.838. The third kappa shape index (κ3) is 6.19. The molecule has 1 aliphatic heterocycles. The Balaban J connectivity index is 1.78. The Labute approximate surface area is 145 Å². The fourth-order valence-corrected chi connectivity index (χ4v) is 7.28. The van der Waals surface area contributed by atoms with Gasteiger partial charge in [0.2, 0.25) is 0 Å². The van der Waals surface area contributed by atoms with Gasteiger partial charge in [0.1, 0.15) is 0 Å². The molecule has 2 heterocycles. The maximum atomic E-state index is 4.15. The number of aryl methyl sites for hydroxylation is 1. The minimum atomic E-state index is 0.491.